The predicted octanol–water partition coefficient (Wildman–Crippen LogP) is 2.08. The van der Waals surface area contributed by atoms with Crippen LogP contribution in [0.4, 0.5) is 8.78 Å². The molecule has 0 aromatic heterocycles. The zero-order chi connectivity index (χ0) is 12.3. The second-order valence-corrected chi connectivity index (χ2v) is 6.60. The van der Waals surface area contributed by atoms with Gasteiger partial charge in [-0.3, -0.25) is 0 Å². The lowest BCUT2D eigenvalue weighted by Crippen LogP contribution is -2.27. The van der Waals surface area contributed by atoms with E-state index in [9.17, 15) is 17.2 Å². The maximum Gasteiger partial charge on any atom is 0.224 e. The Morgan fingerprint density at radius 3 is 2.44 bits per heavy atom. The van der Waals surface area contributed by atoms with E-state index in [1.54, 1.807) is 0 Å². The van der Waals surface area contributed by atoms with E-state index in [-0.39, 0.29) is 11.2 Å². The quantitative estimate of drug-likeness (QED) is 0.798. The molecular formula is C9H10BrF2NO2S. The van der Waals surface area contributed by atoms with Crippen molar-refractivity contribution in [2.75, 3.05) is 11.7 Å². The van der Waals surface area contributed by atoms with Crippen molar-refractivity contribution in [3.63, 3.8) is 0 Å². The fraction of sp³-hybridized carbons (Fsp3) is 0.333. The summed E-state index contributed by atoms with van der Waals surface area (Å²) in [7, 11) is -2.01. The van der Waals surface area contributed by atoms with Gasteiger partial charge in [-0.05, 0) is 17.7 Å². The molecule has 0 radical (unpaired) electrons. The number of rotatable bonds is 4. The highest BCUT2D eigenvalue weighted by molar-refractivity contribution is 9.10. The third-order valence-corrected chi connectivity index (χ3v) is 5.09. The fourth-order valence-corrected chi connectivity index (χ4v) is 2.64. The van der Waals surface area contributed by atoms with Crippen LogP contribution in [-0.2, 0) is 16.6 Å². The van der Waals surface area contributed by atoms with E-state index in [1.165, 1.54) is 13.1 Å². The van der Waals surface area contributed by atoms with Gasteiger partial charge in [0.2, 0.25) is 10.0 Å². The Labute approximate surface area is 101 Å². The molecule has 16 heavy (non-hydrogen) atoms. The summed E-state index contributed by atoms with van der Waals surface area (Å²) in [5, 5.41) is 0. The molecule has 0 saturated heterocycles. The van der Waals surface area contributed by atoms with Gasteiger partial charge >= 0.3 is 0 Å². The largest absolute Gasteiger partial charge is 0.224 e. The molecule has 0 spiro atoms. The highest BCUT2D eigenvalue weighted by Crippen LogP contribution is 2.12. The number of nitrogens with zero attached hydrogens (tertiary/aromatic N) is 1. The van der Waals surface area contributed by atoms with Crippen molar-refractivity contribution >= 4 is 26.0 Å². The van der Waals surface area contributed by atoms with Gasteiger partial charge in [0.25, 0.3) is 0 Å². The van der Waals surface area contributed by atoms with Gasteiger partial charge < -0.3 is 0 Å². The number of benzene rings is 1. The summed E-state index contributed by atoms with van der Waals surface area (Å²) in [6, 6.07) is 3.30. The van der Waals surface area contributed by atoms with Crippen molar-refractivity contribution in [3.8, 4) is 0 Å². The summed E-state index contributed by atoms with van der Waals surface area (Å²) in [6.07, 6.45) is 0. The SMILES string of the molecule is CN(Cc1ccc(F)c(F)c1)S(=O)(=O)CBr. The van der Waals surface area contributed by atoms with Gasteiger partial charge in [-0.1, -0.05) is 22.0 Å². The highest BCUT2D eigenvalue weighted by Gasteiger charge is 2.16. The van der Waals surface area contributed by atoms with Crippen LogP contribution in [0.5, 0.6) is 0 Å². The average molecular weight is 314 g/mol. The molecule has 0 unspecified atom stereocenters. The van der Waals surface area contributed by atoms with E-state index < -0.39 is 21.7 Å². The molecule has 0 bridgehead atoms. The van der Waals surface area contributed by atoms with E-state index in [4.69, 9.17) is 0 Å². The Morgan fingerprint density at radius 1 is 1.31 bits per heavy atom. The maximum atomic E-state index is 12.9. The summed E-state index contributed by atoms with van der Waals surface area (Å²) in [4.78, 5) is 0. The summed E-state index contributed by atoms with van der Waals surface area (Å²) in [6.45, 7) is 0.00509. The average Bonchev–Trinajstić information content (AvgIpc) is 2.23. The molecule has 0 N–H and O–H groups in total. The van der Waals surface area contributed by atoms with Gasteiger partial charge in [0.05, 0.1) is 0 Å². The normalized spacial score (nSPS) is 12.1. The molecule has 0 saturated carbocycles. The summed E-state index contributed by atoms with van der Waals surface area (Å²) < 4.78 is 49.1. The highest BCUT2D eigenvalue weighted by atomic mass is 79.9. The molecule has 1 rings (SSSR count). The molecule has 0 fully saturated rings. The van der Waals surface area contributed by atoms with E-state index in [1.807, 2.05) is 0 Å². The molecule has 0 aliphatic heterocycles. The Hall–Kier alpha value is -0.530. The molecule has 0 atom stereocenters. The zero-order valence-corrected chi connectivity index (χ0v) is 10.9. The molecule has 1 aromatic carbocycles. The van der Waals surface area contributed by atoms with E-state index in [0.717, 1.165) is 16.4 Å². The minimum absolute atomic E-state index is 0.00509. The zero-order valence-electron chi connectivity index (χ0n) is 8.45. The third kappa shape index (κ3) is 3.23. The lowest BCUT2D eigenvalue weighted by molar-refractivity contribution is 0.466. The second-order valence-electron chi connectivity index (χ2n) is 3.23. The first-order valence-corrected chi connectivity index (χ1v) is 7.04. The lowest BCUT2D eigenvalue weighted by atomic mass is 10.2. The number of alkyl halides is 1. The smallest absolute Gasteiger partial charge is 0.211 e. The van der Waals surface area contributed by atoms with Gasteiger partial charge in [0.1, 0.15) is 4.66 Å². The predicted molar refractivity (Wildman–Crippen MR) is 60.5 cm³/mol. The van der Waals surface area contributed by atoms with Crippen LogP contribution >= 0.6 is 15.9 Å². The molecular weight excluding hydrogens is 304 g/mol. The maximum absolute atomic E-state index is 12.9. The second kappa shape index (κ2) is 5.20. The topological polar surface area (TPSA) is 37.4 Å². The van der Waals surface area contributed by atoms with Crippen LogP contribution < -0.4 is 0 Å². The minimum atomic E-state index is -3.39. The Kier molecular flexibility index (Phi) is 4.40. The van der Waals surface area contributed by atoms with Crippen molar-refractivity contribution < 1.29 is 17.2 Å². The fourth-order valence-electron chi connectivity index (χ4n) is 1.08. The molecule has 1 aromatic rings. The van der Waals surface area contributed by atoms with Crippen LogP contribution in [-0.4, -0.2) is 24.4 Å². The molecule has 0 heterocycles. The van der Waals surface area contributed by atoms with Gasteiger partial charge in [0.15, 0.2) is 11.6 Å². The van der Waals surface area contributed by atoms with Crippen molar-refractivity contribution in [1.82, 2.24) is 4.31 Å². The Balaban J connectivity index is 2.86. The standard InChI is InChI=1S/C9H10BrF2NO2S/c1-13(16(14,15)6-10)5-7-2-3-8(11)9(12)4-7/h2-4H,5-6H2,1H3. The first-order chi connectivity index (χ1) is 7.36. The number of sulfonamides is 1. The summed E-state index contributed by atoms with van der Waals surface area (Å²) in [5.74, 6) is -1.93. The monoisotopic (exact) mass is 313 g/mol. The van der Waals surface area contributed by atoms with Crippen molar-refractivity contribution in [1.29, 1.82) is 0 Å². The van der Waals surface area contributed by atoms with Crippen molar-refractivity contribution in [2.45, 2.75) is 6.54 Å². The molecule has 7 heteroatoms. The first kappa shape index (κ1) is 13.5. The van der Waals surface area contributed by atoms with E-state index in [2.05, 4.69) is 15.9 Å². The van der Waals surface area contributed by atoms with Gasteiger partial charge in [0, 0.05) is 13.6 Å². The van der Waals surface area contributed by atoms with Crippen LogP contribution in [0.1, 0.15) is 5.56 Å². The summed E-state index contributed by atoms with van der Waals surface area (Å²) in [5.41, 5.74) is 0.394. The van der Waals surface area contributed by atoms with Crippen LogP contribution in [0.3, 0.4) is 0 Å². The van der Waals surface area contributed by atoms with E-state index in [0.29, 0.717) is 5.56 Å². The first-order valence-electron chi connectivity index (χ1n) is 4.30. The minimum Gasteiger partial charge on any atom is -0.211 e. The molecule has 0 aliphatic carbocycles. The Morgan fingerprint density at radius 2 is 1.94 bits per heavy atom. The number of halogens is 3. The number of hydrogen-bond acceptors (Lipinski definition) is 2. The third-order valence-electron chi connectivity index (χ3n) is 2.00. The van der Waals surface area contributed by atoms with Gasteiger partial charge in [-0.25, -0.2) is 17.2 Å². The van der Waals surface area contributed by atoms with E-state index >= 15 is 0 Å². The summed E-state index contributed by atoms with van der Waals surface area (Å²) >= 11 is 2.85. The molecule has 0 amide bonds. The van der Waals surface area contributed by atoms with Crippen LogP contribution in [0.15, 0.2) is 18.2 Å². The van der Waals surface area contributed by atoms with Gasteiger partial charge in [-0.2, -0.15) is 4.31 Å². The van der Waals surface area contributed by atoms with Crippen LogP contribution in [0, 0.1) is 11.6 Å². The Bertz CT molecular complexity index is 478. The molecule has 0 aliphatic rings. The number of hydrogen-bond donors (Lipinski definition) is 0. The van der Waals surface area contributed by atoms with Gasteiger partial charge in [-0.15, -0.1) is 0 Å². The van der Waals surface area contributed by atoms with Crippen LogP contribution in [0.25, 0.3) is 0 Å². The lowest BCUT2D eigenvalue weighted by Gasteiger charge is -2.15. The van der Waals surface area contributed by atoms with Crippen molar-refractivity contribution in [3.05, 3.63) is 35.4 Å². The van der Waals surface area contributed by atoms with Crippen molar-refractivity contribution in [2.24, 2.45) is 0 Å². The van der Waals surface area contributed by atoms with Crippen LogP contribution in [0.2, 0.25) is 0 Å². The molecule has 90 valence electrons. The molecule has 3 nitrogen and oxygen atoms in total.